The summed E-state index contributed by atoms with van der Waals surface area (Å²) >= 11 is 1.68. The van der Waals surface area contributed by atoms with Gasteiger partial charge in [-0.05, 0) is 31.2 Å². The molecule has 116 valence electrons. The van der Waals surface area contributed by atoms with E-state index in [-0.39, 0.29) is 6.09 Å². The first-order valence-electron chi connectivity index (χ1n) is 7.20. The van der Waals surface area contributed by atoms with Gasteiger partial charge in [0.2, 0.25) is 0 Å². The molecule has 22 heavy (non-hydrogen) atoms. The van der Waals surface area contributed by atoms with E-state index in [1.165, 1.54) is 4.88 Å². The molecular weight excluding hydrogens is 300 g/mol. The number of benzene rings is 1. The van der Waals surface area contributed by atoms with Crippen LogP contribution < -0.4 is 4.74 Å². The lowest BCUT2D eigenvalue weighted by molar-refractivity contribution is 0.159. The average Bonchev–Trinajstić information content (AvgIpc) is 3.11. The minimum absolute atomic E-state index is 0.219. The molecule has 5 nitrogen and oxygen atoms in total. The van der Waals surface area contributed by atoms with Crippen molar-refractivity contribution in [2.45, 2.75) is 13.3 Å². The van der Waals surface area contributed by atoms with Crippen molar-refractivity contribution >= 4 is 17.4 Å². The number of methoxy groups -OCH3 is 1. The van der Waals surface area contributed by atoms with Crippen LogP contribution in [0.25, 0.3) is 11.3 Å². The van der Waals surface area contributed by atoms with Gasteiger partial charge < -0.3 is 14.4 Å². The van der Waals surface area contributed by atoms with Gasteiger partial charge in [-0.1, -0.05) is 0 Å². The van der Waals surface area contributed by atoms with Crippen molar-refractivity contribution in [3.05, 3.63) is 34.2 Å². The maximum absolute atomic E-state index is 11.4. The van der Waals surface area contributed by atoms with Crippen molar-refractivity contribution in [3.63, 3.8) is 0 Å². The molecule has 1 aliphatic rings. The fourth-order valence-corrected chi connectivity index (χ4v) is 3.38. The number of thiazole rings is 1. The van der Waals surface area contributed by atoms with Crippen LogP contribution in [0.1, 0.15) is 9.88 Å². The number of ether oxygens (including phenoxy) is 2. The van der Waals surface area contributed by atoms with Crippen LogP contribution >= 0.6 is 11.3 Å². The smallest absolute Gasteiger partial charge is 0.409 e. The molecule has 3 rings (SSSR count). The minimum Gasteiger partial charge on any atom is -0.497 e. The topological polar surface area (TPSA) is 51.7 Å². The number of carbonyl (C=O) groups is 1. The second kappa shape index (κ2) is 6.36. The zero-order valence-corrected chi connectivity index (χ0v) is 13.5. The van der Waals surface area contributed by atoms with E-state index in [2.05, 4.69) is 6.92 Å². The largest absolute Gasteiger partial charge is 0.497 e. The van der Waals surface area contributed by atoms with Crippen molar-refractivity contribution in [3.8, 4) is 17.0 Å². The third-order valence-electron chi connectivity index (χ3n) is 3.64. The zero-order valence-electron chi connectivity index (χ0n) is 12.7. The van der Waals surface area contributed by atoms with Crippen LogP contribution in [0, 0.1) is 6.92 Å². The van der Waals surface area contributed by atoms with Gasteiger partial charge in [-0.15, -0.1) is 11.3 Å². The number of nitrogens with zero attached hydrogens (tertiary/aromatic N) is 2. The Kier molecular flexibility index (Phi) is 4.29. The van der Waals surface area contributed by atoms with E-state index in [9.17, 15) is 4.79 Å². The van der Waals surface area contributed by atoms with E-state index in [0.29, 0.717) is 19.7 Å². The number of amides is 1. The third kappa shape index (κ3) is 3.06. The normalized spacial score (nSPS) is 14.3. The Morgan fingerprint density at radius 1 is 1.36 bits per heavy atom. The van der Waals surface area contributed by atoms with E-state index >= 15 is 0 Å². The molecule has 0 spiro atoms. The Morgan fingerprint density at radius 3 is 2.77 bits per heavy atom. The predicted octanol–water partition coefficient (Wildman–Crippen LogP) is 3.12. The van der Waals surface area contributed by atoms with Crippen LogP contribution in [0.3, 0.4) is 0 Å². The Hall–Kier alpha value is -2.08. The lowest BCUT2D eigenvalue weighted by Crippen LogP contribution is -2.26. The fourth-order valence-electron chi connectivity index (χ4n) is 2.43. The van der Waals surface area contributed by atoms with Crippen LogP contribution in [0.5, 0.6) is 5.75 Å². The van der Waals surface area contributed by atoms with Crippen molar-refractivity contribution in [2.75, 3.05) is 26.8 Å². The van der Waals surface area contributed by atoms with Gasteiger partial charge in [-0.25, -0.2) is 9.78 Å². The number of cyclic esters (lactones) is 1. The van der Waals surface area contributed by atoms with Gasteiger partial charge in [0.1, 0.15) is 12.4 Å². The van der Waals surface area contributed by atoms with Crippen molar-refractivity contribution in [2.24, 2.45) is 0 Å². The number of rotatable bonds is 5. The van der Waals surface area contributed by atoms with Gasteiger partial charge in [0, 0.05) is 23.4 Å². The van der Waals surface area contributed by atoms with Crippen molar-refractivity contribution < 1.29 is 14.3 Å². The highest BCUT2D eigenvalue weighted by molar-refractivity contribution is 7.12. The first-order valence-corrected chi connectivity index (χ1v) is 8.01. The van der Waals surface area contributed by atoms with Crippen LogP contribution in [0.4, 0.5) is 4.79 Å². The monoisotopic (exact) mass is 318 g/mol. The Bertz CT molecular complexity index is 667. The fraction of sp³-hybridized carbons (Fsp3) is 0.375. The molecule has 1 aromatic carbocycles. The van der Waals surface area contributed by atoms with E-state index in [4.69, 9.17) is 14.5 Å². The molecule has 0 saturated carbocycles. The zero-order chi connectivity index (χ0) is 15.5. The molecule has 1 amide bonds. The summed E-state index contributed by atoms with van der Waals surface area (Å²) < 4.78 is 10.1. The van der Waals surface area contributed by atoms with Crippen LogP contribution in [0.15, 0.2) is 24.3 Å². The molecule has 1 aliphatic heterocycles. The first kappa shape index (κ1) is 14.8. The summed E-state index contributed by atoms with van der Waals surface area (Å²) in [4.78, 5) is 19.1. The molecule has 1 aromatic heterocycles. The molecule has 0 radical (unpaired) electrons. The quantitative estimate of drug-likeness (QED) is 0.850. The maximum atomic E-state index is 11.4. The highest BCUT2D eigenvalue weighted by atomic mass is 32.1. The Labute approximate surface area is 133 Å². The minimum atomic E-state index is -0.219. The summed E-state index contributed by atoms with van der Waals surface area (Å²) in [6.07, 6.45) is 0.542. The summed E-state index contributed by atoms with van der Waals surface area (Å²) in [7, 11) is 1.66. The molecule has 0 bridgehead atoms. The molecule has 1 saturated heterocycles. The maximum Gasteiger partial charge on any atom is 0.409 e. The number of carbonyl (C=O) groups excluding carboxylic acids is 1. The average molecular weight is 318 g/mol. The summed E-state index contributed by atoms with van der Waals surface area (Å²) in [6.45, 7) is 3.90. The Morgan fingerprint density at radius 2 is 2.14 bits per heavy atom. The second-order valence-electron chi connectivity index (χ2n) is 5.09. The van der Waals surface area contributed by atoms with Crippen molar-refractivity contribution in [1.29, 1.82) is 0 Å². The lowest BCUT2D eigenvalue weighted by atomic mass is 10.1. The van der Waals surface area contributed by atoms with E-state index in [1.807, 2.05) is 24.3 Å². The number of aromatic nitrogens is 1. The summed E-state index contributed by atoms with van der Waals surface area (Å²) in [5, 5.41) is 1.04. The van der Waals surface area contributed by atoms with Gasteiger partial charge in [0.05, 0.1) is 24.4 Å². The highest BCUT2D eigenvalue weighted by Crippen LogP contribution is 2.29. The first-order chi connectivity index (χ1) is 10.7. The van der Waals surface area contributed by atoms with Gasteiger partial charge in [-0.2, -0.15) is 0 Å². The van der Waals surface area contributed by atoms with Gasteiger partial charge in [-0.3, -0.25) is 0 Å². The number of aryl methyl sites for hydroxylation is 1. The molecular formula is C16H18N2O3S. The van der Waals surface area contributed by atoms with Crippen LogP contribution in [0.2, 0.25) is 0 Å². The molecule has 0 atom stereocenters. The van der Waals surface area contributed by atoms with Gasteiger partial charge in [0.15, 0.2) is 0 Å². The van der Waals surface area contributed by atoms with Crippen LogP contribution in [-0.4, -0.2) is 42.8 Å². The molecule has 0 N–H and O–H groups in total. The molecule has 1 fully saturated rings. The van der Waals surface area contributed by atoms with Crippen LogP contribution in [-0.2, 0) is 11.2 Å². The van der Waals surface area contributed by atoms with Gasteiger partial charge >= 0.3 is 6.09 Å². The second-order valence-corrected chi connectivity index (χ2v) is 6.38. The third-order valence-corrected chi connectivity index (χ3v) is 4.68. The summed E-state index contributed by atoms with van der Waals surface area (Å²) in [6, 6.07) is 7.91. The van der Waals surface area contributed by atoms with E-state index < -0.39 is 0 Å². The van der Waals surface area contributed by atoms with E-state index in [1.54, 1.807) is 23.3 Å². The number of hydrogen-bond acceptors (Lipinski definition) is 5. The summed E-state index contributed by atoms with van der Waals surface area (Å²) in [5.41, 5.74) is 2.09. The van der Waals surface area contributed by atoms with Crippen molar-refractivity contribution in [1.82, 2.24) is 9.88 Å². The predicted molar refractivity (Wildman–Crippen MR) is 85.5 cm³/mol. The molecule has 0 unspecified atom stereocenters. The number of hydrogen-bond donors (Lipinski definition) is 0. The Balaban J connectivity index is 1.71. The standard InChI is InChI=1S/C16H18N2O3S/c1-11-15(12-3-5-13(20-2)6-4-12)17-14(22-11)7-8-18-9-10-21-16(18)19/h3-6H,7-10H2,1-2H3. The highest BCUT2D eigenvalue weighted by Gasteiger charge is 2.22. The SMILES string of the molecule is COc1ccc(-c2nc(CCN3CCOC3=O)sc2C)cc1. The van der Waals surface area contributed by atoms with E-state index in [0.717, 1.165) is 28.4 Å². The van der Waals surface area contributed by atoms with Gasteiger partial charge in [0.25, 0.3) is 0 Å². The molecule has 2 heterocycles. The molecule has 6 heteroatoms. The lowest BCUT2D eigenvalue weighted by Gasteiger charge is -2.10. The molecule has 2 aromatic rings. The molecule has 0 aliphatic carbocycles. The summed E-state index contributed by atoms with van der Waals surface area (Å²) in [5.74, 6) is 0.837.